The van der Waals surface area contributed by atoms with Crippen LogP contribution in [0.5, 0.6) is 5.19 Å². The number of carbonyl (C=O) groups excluding carboxylic acids is 1. The van der Waals surface area contributed by atoms with Crippen molar-refractivity contribution in [1.82, 2.24) is 10.3 Å². The molecule has 3 N–H and O–H groups in total. The van der Waals surface area contributed by atoms with Crippen LogP contribution in [0.4, 0.5) is 5.00 Å². The molecule has 1 unspecified atom stereocenters. The predicted molar refractivity (Wildman–Crippen MR) is 108 cm³/mol. The van der Waals surface area contributed by atoms with Gasteiger partial charge < -0.3 is 20.5 Å². The number of aromatic nitrogens is 1. The topological polar surface area (TPSA) is 83.5 Å². The van der Waals surface area contributed by atoms with Crippen molar-refractivity contribution in [2.24, 2.45) is 5.92 Å². The number of carbonyl (C=O) groups is 1. The molecule has 1 aromatic heterocycles. The Morgan fingerprint density at radius 2 is 2.04 bits per heavy atom. The summed E-state index contributed by atoms with van der Waals surface area (Å²) in [7, 11) is 0. The van der Waals surface area contributed by atoms with Gasteiger partial charge in [0.05, 0.1) is 6.20 Å². The fourth-order valence-electron chi connectivity index (χ4n) is 2.48. The highest BCUT2D eigenvalue weighted by molar-refractivity contribution is 7.17. The maximum absolute atomic E-state index is 12.0. The molecule has 7 heteroatoms. The van der Waals surface area contributed by atoms with Crippen LogP contribution in [0.3, 0.4) is 0 Å². The molecule has 0 saturated carbocycles. The molecule has 0 fully saturated rings. The van der Waals surface area contributed by atoms with Crippen molar-refractivity contribution >= 4 is 22.2 Å². The Balaban J connectivity index is 2.28. The second kappa shape index (κ2) is 11.5. The molecule has 0 aliphatic rings. The van der Waals surface area contributed by atoms with E-state index in [4.69, 9.17) is 4.74 Å². The summed E-state index contributed by atoms with van der Waals surface area (Å²) in [5.74, 6) is 0.728. The van der Waals surface area contributed by atoms with Gasteiger partial charge in [0.1, 0.15) is 17.7 Å². The summed E-state index contributed by atoms with van der Waals surface area (Å²) in [5.41, 5.74) is -0.0477. The van der Waals surface area contributed by atoms with Crippen LogP contribution in [0.2, 0.25) is 0 Å². The second-order valence-electron chi connectivity index (χ2n) is 7.71. The average Bonchev–Trinajstić information content (AvgIpc) is 3.01. The summed E-state index contributed by atoms with van der Waals surface area (Å²) in [6.45, 7) is 11.1. The van der Waals surface area contributed by atoms with Crippen molar-refractivity contribution in [2.75, 3.05) is 18.5 Å². The van der Waals surface area contributed by atoms with Gasteiger partial charge in [0.2, 0.25) is 5.91 Å². The summed E-state index contributed by atoms with van der Waals surface area (Å²) >= 11 is 1.28. The monoisotopic (exact) mass is 385 g/mol. The molecule has 150 valence electrons. The third-order valence-corrected chi connectivity index (χ3v) is 5.01. The lowest BCUT2D eigenvalue weighted by atomic mass is 9.97. The number of aliphatic hydroxyl groups is 1. The van der Waals surface area contributed by atoms with Gasteiger partial charge in [0.15, 0.2) is 0 Å². The van der Waals surface area contributed by atoms with Crippen LogP contribution < -0.4 is 15.4 Å². The van der Waals surface area contributed by atoms with E-state index in [1.54, 1.807) is 6.20 Å². The molecule has 0 aliphatic heterocycles. The van der Waals surface area contributed by atoms with Gasteiger partial charge in [-0.2, -0.15) is 0 Å². The number of aliphatic hydroxyl groups excluding tert-OH is 1. The highest BCUT2D eigenvalue weighted by atomic mass is 32.1. The lowest BCUT2D eigenvalue weighted by molar-refractivity contribution is -0.116. The number of thiazole rings is 1. The zero-order valence-electron chi connectivity index (χ0n) is 16.8. The minimum atomic E-state index is -0.610. The third kappa shape index (κ3) is 10.1. The zero-order valence-corrected chi connectivity index (χ0v) is 17.6. The quantitative estimate of drug-likeness (QED) is 0.509. The minimum Gasteiger partial charge on any atom is -0.467 e. The van der Waals surface area contributed by atoms with Gasteiger partial charge in [0.25, 0.3) is 5.19 Å². The number of nitrogens with zero attached hydrogens (tertiary/aromatic N) is 1. The van der Waals surface area contributed by atoms with Gasteiger partial charge in [-0.05, 0) is 39.5 Å². The van der Waals surface area contributed by atoms with Gasteiger partial charge >= 0.3 is 0 Å². The van der Waals surface area contributed by atoms with E-state index >= 15 is 0 Å². The first-order chi connectivity index (χ1) is 12.2. The lowest BCUT2D eigenvalue weighted by Crippen LogP contribution is -2.42. The third-order valence-electron chi connectivity index (χ3n) is 4.19. The summed E-state index contributed by atoms with van der Waals surface area (Å²) in [5, 5.41) is 17.1. The highest BCUT2D eigenvalue weighted by Crippen LogP contribution is 2.25. The van der Waals surface area contributed by atoms with Crippen LogP contribution in [0.25, 0.3) is 0 Å². The fourth-order valence-corrected chi connectivity index (χ4v) is 3.17. The normalized spacial score (nSPS) is 13.0. The highest BCUT2D eigenvalue weighted by Gasteiger charge is 2.14. The summed E-state index contributed by atoms with van der Waals surface area (Å²) in [6.07, 6.45) is 5.86. The SMILES string of the molecule is CCC(CC)CCCC(=O)Nc1cnc(OCC(O)CNC(C)(C)C)s1. The van der Waals surface area contributed by atoms with Gasteiger partial charge in [0, 0.05) is 18.5 Å². The molecule has 0 saturated heterocycles. The van der Waals surface area contributed by atoms with Gasteiger partial charge in [-0.15, -0.1) is 0 Å². The molecular formula is C19H35N3O3S. The zero-order chi connectivity index (χ0) is 19.6. The van der Waals surface area contributed by atoms with Crippen molar-refractivity contribution < 1.29 is 14.6 Å². The molecule has 1 amide bonds. The number of β-amino-alcohol motifs (C(OH)–C–C–N with tert-alkyl or cyclic N) is 1. The predicted octanol–water partition coefficient (Wildman–Crippen LogP) is 3.82. The van der Waals surface area contributed by atoms with Crippen molar-refractivity contribution in [2.45, 2.75) is 78.4 Å². The Kier molecular flexibility index (Phi) is 10.1. The molecule has 26 heavy (non-hydrogen) atoms. The number of hydrogen-bond acceptors (Lipinski definition) is 6. The van der Waals surface area contributed by atoms with E-state index in [9.17, 15) is 9.90 Å². The molecule has 1 rings (SSSR count). The van der Waals surface area contributed by atoms with Crippen LogP contribution in [-0.2, 0) is 4.79 Å². The number of hydrogen-bond donors (Lipinski definition) is 3. The van der Waals surface area contributed by atoms with Crippen LogP contribution in [0.15, 0.2) is 6.20 Å². The van der Waals surface area contributed by atoms with Crippen LogP contribution in [-0.4, -0.2) is 40.8 Å². The molecule has 0 aliphatic carbocycles. The Hall–Kier alpha value is -1.18. The Morgan fingerprint density at radius 3 is 2.65 bits per heavy atom. The summed E-state index contributed by atoms with van der Waals surface area (Å²) in [6, 6.07) is 0. The summed E-state index contributed by atoms with van der Waals surface area (Å²) in [4.78, 5) is 16.1. The standard InChI is InChI=1S/C19H35N3O3S/c1-6-14(7-2)9-8-10-16(24)22-17-12-20-18(26-17)25-13-15(23)11-21-19(3,4)5/h12,14-15,21,23H,6-11,13H2,1-5H3,(H,22,24). The van der Waals surface area contributed by atoms with Crippen LogP contribution in [0, 0.1) is 5.92 Å². The van der Waals surface area contributed by atoms with Gasteiger partial charge in [-0.1, -0.05) is 38.0 Å². The van der Waals surface area contributed by atoms with E-state index in [0.29, 0.717) is 29.1 Å². The smallest absolute Gasteiger partial charge is 0.275 e. The number of rotatable bonds is 12. The molecule has 1 heterocycles. The molecule has 1 atom stereocenters. The average molecular weight is 386 g/mol. The maximum atomic E-state index is 12.0. The van der Waals surface area contributed by atoms with E-state index < -0.39 is 6.10 Å². The second-order valence-corrected chi connectivity index (χ2v) is 8.70. The Labute approximate surface area is 161 Å². The number of nitrogens with one attached hydrogen (secondary N) is 2. The van der Waals surface area contributed by atoms with E-state index in [2.05, 4.69) is 29.5 Å². The molecule has 0 radical (unpaired) electrons. The number of amides is 1. The molecular weight excluding hydrogens is 350 g/mol. The number of ether oxygens (including phenoxy) is 1. The van der Waals surface area contributed by atoms with Crippen LogP contribution in [0.1, 0.15) is 66.7 Å². The van der Waals surface area contributed by atoms with Crippen molar-refractivity contribution in [3.8, 4) is 5.19 Å². The van der Waals surface area contributed by atoms with Crippen LogP contribution >= 0.6 is 11.3 Å². The van der Waals surface area contributed by atoms with Gasteiger partial charge in [-0.25, -0.2) is 4.98 Å². The minimum absolute atomic E-state index is 0.0144. The number of anilines is 1. The van der Waals surface area contributed by atoms with Crippen molar-refractivity contribution in [1.29, 1.82) is 0 Å². The van der Waals surface area contributed by atoms with E-state index in [1.807, 2.05) is 20.8 Å². The van der Waals surface area contributed by atoms with E-state index in [0.717, 1.165) is 12.8 Å². The Bertz CT molecular complexity index is 524. The first-order valence-corrected chi connectivity index (χ1v) is 10.4. The Morgan fingerprint density at radius 1 is 1.35 bits per heavy atom. The largest absolute Gasteiger partial charge is 0.467 e. The van der Waals surface area contributed by atoms with Crippen molar-refractivity contribution in [3.05, 3.63) is 6.20 Å². The molecule has 0 aromatic carbocycles. The molecule has 6 nitrogen and oxygen atoms in total. The molecule has 1 aromatic rings. The maximum Gasteiger partial charge on any atom is 0.275 e. The molecule has 0 spiro atoms. The lowest BCUT2D eigenvalue weighted by Gasteiger charge is -2.22. The molecule has 0 bridgehead atoms. The first-order valence-electron chi connectivity index (χ1n) is 9.55. The first kappa shape index (κ1) is 22.9. The van der Waals surface area contributed by atoms with E-state index in [1.165, 1.54) is 24.2 Å². The van der Waals surface area contributed by atoms with Crippen molar-refractivity contribution in [3.63, 3.8) is 0 Å². The fraction of sp³-hybridized carbons (Fsp3) is 0.789. The summed E-state index contributed by atoms with van der Waals surface area (Å²) < 4.78 is 5.50. The van der Waals surface area contributed by atoms with E-state index in [-0.39, 0.29) is 18.1 Å². The van der Waals surface area contributed by atoms with Gasteiger partial charge in [-0.3, -0.25) is 4.79 Å².